The molecule has 1 saturated heterocycles. The molecule has 0 aliphatic carbocycles. The van der Waals surface area contributed by atoms with E-state index in [-0.39, 0.29) is 6.09 Å². The summed E-state index contributed by atoms with van der Waals surface area (Å²) in [5.41, 5.74) is 3.61. The molecular weight excluding hydrogens is 342 g/mol. The van der Waals surface area contributed by atoms with E-state index < -0.39 is 5.60 Å². The maximum atomic E-state index is 12.2. The van der Waals surface area contributed by atoms with Crippen LogP contribution in [0, 0.1) is 0 Å². The van der Waals surface area contributed by atoms with Crippen LogP contribution in [-0.4, -0.2) is 49.4 Å². The van der Waals surface area contributed by atoms with Crippen LogP contribution in [0.1, 0.15) is 39.7 Å². The van der Waals surface area contributed by atoms with Gasteiger partial charge in [-0.15, -0.1) is 0 Å². The minimum absolute atomic E-state index is 0.229. The summed E-state index contributed by atoms with van der Waals surface area (Å²) >= 11 is 0. The van der Waals surface area contributed by atoms with Crippen molar-refractivity contribution in [2.45, 2.75) is 45.3 Å². The molecule has 1 amide bonds. The third-order valence-electron chi connectivity index (χ3n) is 4.82. The van der Waals surface area contributed by atoms with Gasteiger partial charge < -0.3 is 14.6 Å². The van der Waals surface area contributed by atoms with Gasteiger partial charge in [0.05, 0.1) is 23.3 Å². The summed E-state index contributed by atoms with van der Waals surface area (Å²) in [5, 5.41) is 4.56. The summed E-state index contributed by atoms with van der Waals surface area (Å²) in [6, 6.07) is 4.34. The number of nitrogens with zero attached hydrogens (tertiary/aromatic N) is 4. The first-order valence-electron chi connectivity index (χ1n) is 9.35. The van der Waals surface area contributed by atoms with Crippen LogP contribution in [0.15, 0.2) is 36.9 Å². The Hall–Kier alpha value is -2.83. The minimum atomic E-state index is -0.459. The maximum absolute atomic E-state index is 12.2. The molecule has 3 aromatic rings. The number of fused-ring (bicyclic) bond motifs is 1. The van der Waals surface area contributed by atoms with Crippen molar-refractivity contribution in [2.24, 2.45) is 0 Å². The predicted octanol–water partition coefficient (Wildman–Crippen LogP) is 4.00. The lowest BCUT2D eigenvalue weighted by Crippen LogP contribution is -2.42. The van der Waals surface area contributed by atoms with Crippen LogP contribution in [0.3, 0.4) is 0 Å². The van der Waals surface area contributed by atoms with Crippen molar-refractivity contribution in [3.05, 3.63) is 36.9 Å². The summed E-state index contributed by atoms with van der Waals surface area (Å²) in [6.07, 6.45) is 9.23. The highest BCUT2D eigenvalue weighted by molar-refractivity contribution is 5.80. The van der Waals surface area contributed by atoms with Crippen LogP contribution in [0.25, 0.3) is 22.2 Å². The molecule has 0 aromatic carbocycles. The van der Waals surface area contributed by atoms with E-state index in [9.17, 15) is 4.79 Å². The van der Waals surface area contributed by atoms with Crippen LogP contribution < -0.4 is 0 Å². The van der Waals surface area contributed by atoms with Crippen molar-refractivity contribution in [2.75, 3.05) is 13.1 Å². The summed E-state index contributed by atoms with van der Waals surface area (Å²) in [6.45, 7) is 7.04. The van der Waals surface area contributed by atoms with Gasteiger partial charge in [-0.05, 0) is 45.7 Å². The van der Waals surface area contributed by atoms with E-state index in [2.05, 4.69) is 27.3 Å². The Kier molecular flexibility index (Phi) is 4.37. The molecule has 0 saturated carbocycles. The van der Waals surface area contributed by atoms with Gasteiger partial charge in [-0.1, -0.05) is 0 Å². The number of ether oxygens (including phenoxy) is 1. The van der Waals surface area contributed by atoms with Crippen molar-refractivity contribution >= 4 is 17.1 Å². The van der Waals surface area contributed by atoms with Crippen LogP contribution in [0.5, 0.6) is 0 Å². The number of hydrogen-bond donors (Lipinski definition) is 1. The zero-order chi connectivity index (χ0) is 19.0. The van der Waals surface area contributed by atoms with E-state index in [0.717, 1.165) is 35.0 Å². The molecule has 1 aliphatic rings. The van der Waals surface area contributed by atoms with Crippen LogP contribution in [0.4, 0.5) is 4.79 Å². The average molecular weight is 367 g/mol. The number of pyridine rings is 1. The van der Waals surface area contributed by atoms with E-state index in [1.807, 2.05) is 50.1 Å². The van der Waals surface area contributed by atoms with Gasteiger partial charge in [0.25, 0.3) is 0 Å². The highest BCUT2D eigenvalue weighted by Gasteiger charge is 2.27. The molecule has 4 heterocycles. The lowest BCUT2D eigenvalue weighted by Gasteiger charge is -2.33. The summed E-state index contributed by atoms with van der Waals surface area (Å²) in [4.78, 5) is 21.7. The van der Waals surface area contributed by atoms with Crippen molar-refractivity contribution in [3.8, 4) is 11.1 Å². The lowest BCUT2D eigenvalue weighted by atomic mass is 10.1. The van der Waals surface area contributed by atoms with Crippen molar-refractivity contribution in [3.63, 3.8) is 0 Å². The highest BCUT2D eigenvalue weighted by Crippen LogP contribution is 2.27. The van der Waals surface area contributed by atoms with Crippen LogP contribution in [-0.2, 0) is 4.74 Å². The summed E-state index contributed by atoms with van der Waals surface area (Å²) in [7, 11) is 0. The third kappa shape index (κ3) is 3.82. The maximum Gasteiger partial charge on any atom is 0.410 e. The van der Waals surface area contributed by atoms with E-state index in [1.54, 1.807) is 4.90 Å². The fourth-order valence-electron chi connectivity index (χ4n) is 3.42. The largest absolute Gasteiger partial charge is 0.444 e. The number of nitrogens with one attached hydrogen (secondary N) is 1. The molecule has 142 valence electrons. The number of amides is 1. The number of likely N-dealkylation sites (tertiary alicyclic amines) is 1. The second-order valence-electron chi connectivity index (χ2n) is 8.04. The molecule has 27 heavy (non-hydrogen) atoms. The Bertz CT molecular complexity index is 945. The number of H-pyrrole nitrogens is 1. The Morgan fingerprint density at radius 1 is 1.22 bits per heavy atom. The van der Waals surface area contributed by atoms with Gasteiger partial charge >= 0.3 is 6.09 Å². The number of carbonyl (C=O) groups excluding carboxylic acids is 1. The highest BCUT2D eigenvalue weighted by atomic mass is 16.6. The Balaban J connectivity index is 1.41. The second-order valence-corrected chi connectivity index (χ2v) is 8.04. The molecule has 3 aromatic heterocycles. The monoisotopic (exact) mass is 367 g/mol. The topological polar surface area (TPSA) is 76.0 Å². The van der Waals surface area contributed by atoms with Gasteiger partial charge in [-0.2, -0.15) is 5.10 Å². The zero-order valence-electron chi connectivity index (χ0n) is 16.0. The SMILES string of the molecule is CC(C)(C)OC(=O)N1CCC(n2cc(-c3cnc4cc[nH]c4c3)cn2)CC1. The molecule has 1 aliphatic heterocycles. The molecule has 4 rings (SSSR count). The van der Waals surface area contributed by atoms with Gasteiger partial charge in [-0.25, -0.2) is 4.79 Å². The molecule has 0 radical (unpaired) electrons. The number of aromatic amines is 1. The van der Waals surface area contributed by atoms with Gasteiger partial charge in [0.1, 0.15) is 5.60 Å². The number of piperidine rings is 1. The standard InChI is InChI=1S/C20H25N5O2/c1-20(2,3)27-19(26)24-8-5-16(6-9-24)25-13-15(12-23-25)14-10-18-17(22-11-14)4-7-21-18/h4,7,10-13,16,21H,5-6,8-9H2,1-3H3. The fourth-order valence-corrected chi connectivity index (χ4v) is 3.42. The number of carbonyl (C=O) groups is 1. The van der Waals surface area contributed by atoms with Crippen molar-refractivity contribution < 1.29 is 9.53 Å². The Morgan fingerprint density at radius 2 is 2.00 bits per heavy atom. The smallest absolute Gasteiger partial charge is 0.410 e. The molecule has 1 N–H and O–H groups in total. The molecular formula is C20H25N5O2. The molecule has 7 nitrogen and oxygen atoms in total. The molecule has 0 atom stereocenters. The van der Waals surface area contributed by atoms with E-state index in [0.29, 0.717) is 19.1 Å². The van der Waals surface area contributed by atoms with Crippen molar-refractivity contribution in [1.82, 2.24) is 24.6 Å². The van der Waals surface area contributed by atoms with E-state index in [1.165, 1.54) is 0 Å². The molecule has 0 spiro atoms. The fraction of sp³-hybridized carbons (Fsp3) is 0.450. The number of aromatic nitrogens is 4. The van der Waals surface area contributed by atoms with Gasteiger partial charge in [0, 0.05) is 42.8 Å². The predicted molar refractivity (Wildman–Crippen MR) is 103 cm³/mol. The molecule has 7 heteroatoms. The first kappa shape index (κ1) is 17.6. The zero-order valence-corrected chi connectivity index (χ0v) is 16.0. The lowest BCUT2D eigenvalue weighted by molar-refractivity contribution is 0.0185. The number of hydrogen-bond acceptors (Lipinski definition) is 4. The Labute approximate surface area is 158 Å². The molecule has 0 unspecified atom stereocenters. The minimum Gasteiger partial charge on any atom is -0.444 e. The van der Waals surface area contributed by atoms with E-state index in [4.69, 9.17) is 4.74 Å². The van der Waals surface area contributed by atoms with Gasteiger partial charge in [-0.3, -0.25) is 9.67 Å². The van der Waals surface area contributed by atoms with Crippen LogP contribution >= 0.6 is 0 Å². The summed E-state index contributed by atoms with van der Waals surface area (Å²) in [5.74, 6) is 0. The first-order chi connectivity index (χ1) is 12.9. The summed E-state index contributed by atoms with van der Waals surface area (Å²) < 4.78 is 7.48. The quantitative estimate of drug-likeness (QED) is 0.743. The first-order valence-corrected chi connectivity index (χ1v) is 9.35. The molecule has 0 bridgehead atoms. The van der Waals surface area contributed by atoms with Gasteiger partial charge in [0.15, 0.2) is 0 Å². The van der Waals surface area contributed by atoms with Gasteiger partial charge in [0.2, 0.25) is 0 Å². The van der Waals surface area contributed by atoms with E-state index >= 15 is 0 Å². The van der Waals surface area contributed by atoms with Crippen LogP contribution in [0.2, 0.25) is 0 Å². The Morgan fingerprint density at radius 3 is 2.74 bits per heavy atom. The molecule has 1 fully saturated rings. The van der Waals surface area contributed by atoms with Crippen molar-refractivity contribution in [1.29, 1.82) is 0 Å². The average Bonchev–Trinajstić information content (AvgIpc) is 3.29. The third-order valence-corrected chi connectivity index (χ3v) is 4.82. The number of rotatable bonds is 2. The normalized spacial score (nSPS) is 16.0. The second kappa shape index (κ2) is 6.72.